The van der Waals surface area contributed by atoms with Crippen molar-refractivity contribution in [3.05, 3.63) is 12.2 Å². The van der Waals surface area contributed by atoms with Gasteiger partial charge in [0.25, 0.3) is 0 Å². The van der Waals surface area contributed by atoms with Gasteiger partial charge in [0.2, 0.25) is 0 Å². The van der Waals surface area contributed by atoms with Crippen molar-refractivity contribution >= 4 is 0 Å². The molecule has 4 rings (SSSR count). The summed E-state index contributed by atoms with van der Waals surface area (Å²) in [6, 6.07) is 0.544. The topological polar surface area (TPSA) is 48.5 Å². The van der Waals surface area contributed by atoms with Crippen LogP contribution in [0.3, 0.4) is 0 Å². The first-order valence-corrected chi connectivity index (χ1v) is 11.1. The second-order valence-electron chi connectivity index (χ2n) is 9.35. The van der Waals surface area contributed by atoms with E-state index in [0.717, 1.165) is 30.7 Å². The minimum absolute atomic E-state index is 0.203. The molecule has 2 aliphatic carbocycles. The Balaban J connectivity index is 1.28. The predicted octanol–water partition coefficient (Wildman–Crippen LogP) is 3.05. The molecule has 5 unspecified atom stereocenters. The summed E-state index contributed by atoms with van der Waals surface area (Å²) in [7, 11) is 3.70. The summed E-state index contributed by atoms with van der Waals surface area (Å²) in [4.78, 5) is 7.77. The molecule has 0 aromatic carbocycles. The first kappa shape index (κ1) is 19.8. The number of epoxide rings is 1. The maximum absolute atomic E-state index is 9.82. The molecule has 154 valence electrons. The molecule has 27 heavy (non-hydrogen) atoms. The normalized spacial score (nSPS) is 45.5. The molecule has 0 radical (unpaired) electrons. The van der Waals surface area contributed by atoms with Crippen LogP contribution in [0.25, 0.3) is 0 Å². The number of likely N-dealkylation sites (tertiary alicyclic amines) is 1. The molecule has 6 atom stereocenters. The molecule has 5 nitrogen and oxygen atoms in total. The van der Waals surface area contributed by atoms with Crippen molar-refractivity contribution < 1.29 is 14.7 Å². The molecule has 2 aliphatic heterocycles. The first-order valence-electron chi connectivity index (χ1n) is 11.1. The zero-order chi connectivity index (χ0) is 19.0. The van der Waals surface area contributed by atoms with E-state index in [0.29, 0.717) is 18.1 Å². The van der Waals surface area contributed by atoms with Crippen molar-refractivity contribution in [3.63, 3.8) is 0 Å². The van der Waals surface area contributed by atoms with Crippen molar-refractivity contribution in [2.24, 2.45) is 23.7 Å². The van der Waals surface area contributed by atoms with Gasteiger partial charge in [-0.25, -0.2) is 0 Å². The van der Waals surface area contributed by atoms with Gasteiger partial charge in [0, 0.05) is 25.7 Å². The van der Waals surface area contributed by atoms with Gasteiger partial charge in [0.15, 0.2) is 0 Å². The van der Waals surface area contributed by atoms with Crippen molar-refractivity contribution in [1.29, 1.82) is 0 Å². The molecule has 0 aromatic rings. The monoisotopic (exact) mass is 378 g/mol. The van der Waals surface area contributed by atoms with E-state index in [1.54, 1.807) is 7.11 Å². The van der Waals surface area contributed by atoms with E-state index in [1.165, 1.54) is 38.5 Å². The molecule has 5 heteroatoms. The van der Waals surface area contributed by atoms with Gasteiger partial charge in [0.05, 0.1) is 13.7 Å². The number of ether oxygens (including phenoxy) is 1. The molecular weight excluding hydrogens is 340 g/mol. The maximum Gasteiger partial charge on any atom is 0.138 e. The Bertz CT molecular complexity index is 520. The molecule has 0 amide bonds. The number of rotatable bonds is 6. The molecule has 0 aromatic heterocycles. The van der Waals surface area contributed by atoms with Gasteiger partial charge in [-0.1, -0.05) is 19.1 Å². The average molecular weight is 379 g/mol. The van der Waals surface area contributed by atoms with Crippen LogP contribution in [0.2, 0.25) is 0 Å². The van der Waals surface area contributed by atoms with Crippen LogP contribution >= 0.6 is 0 Å². The number of allylic oxidation sites excluding steroid dienone is 2. The number of aliphatic hydroxyl groups is 1. The summed E-state index contributed by atoms with van der Waals surface area (Å²) < 4.78 is 6.18. The van der Waals surface area contributed by atoms with E-state index >= 15 is 0 Å². The molecule has 2 saturated heterocycles. The highest BCUT2D eigenvalue weighted by Crippen LogP contribution is 2.47. The molecule has 3 fully saturated rings. The standard InChI is InChI=1S/C22H38N2O3/c1-15-6-4-5-7-20(15)16-8-10-17(11-9-16)21-22(27-21)24-13-18(23(2)26-3)12-19(24)14-25/h4,6,15-22,25H,5,7-14H2,1-3H3/t15?,16?,17?,18?,19-,20?,21?,22?/m0/s1. The van der Waals surface area contributed by atoms with Gasteiger partial charge in [-0.2, -0.15) is 5.06 Å². The number of nitrogens with zero attached hydrogens (tertiary/aromatic N) is 2. The van der Waals surface area contributed by atoms with Gasteiger partial charge >= 0.3 is 0 Å². The van der Waals surface area contributed by atoms with Crippen molar-refractivity contribution in [2.75, 3.05) is 27.3 Å². The quantitative estimate of drug-likeness (QED) is 0.437. The van der Waals surface area contributed by atoms with Crippen LogP contribution < -0.4 is 0 Å². The number of aliphatic hydroxyl groups excluding tert-OH is 1. The number of hydrogen-bond acceptors (Lipinski definition) is 5. The average Bonchev–Trinajstić information content (AvgIpc) is 3.38. The molecule has 0 spiro atoms. The summed E-state index contributed by atoms with van der Waals surface area (Å²) in [5.41, 5.74) is 0. The molecule has 1 saturated carbocycles. The molecule has 1 N–H and O–H groups in total. The summed E-state index contributed by atoms with van der Waals surface area (Å²) in [6.45, 7) is 3.54. The number of likely N-dealkylation sites (N-methyl/N-ethyl adjacent to an activating group) is 1. The van der Waals surface area contributed by atoms with Crippen LogP contribution in [-0.4, -0.2) is 66.8 Å². The van der Waals surface area contributed by atoms with Crippen molar-refractivity contribution in [1.82, 2.24) is 9.96 Å². The number of hydroxylamine groups is 2. The van der Waals surface area contributed by atoms with E-state index in [9.17, 15) is 5.11 Å². The molecule has 0 bridgehead atoms. The minimum Gasteiger partial charge on any atom is -0.395 e. The zero-order valence-corrected chi connectivity index (χ0v) is 17.3. The van der Waals surface area contributed by atoms with Crippen molar-refractivity contribution in [3.8, 4) is 0 Å². The van der Waals surface area contributed by atoms with Crippen LogP contribution in [0.15, 0.2) is 12.2 Å². The smallest absolute Gasteiger partial charge is 0.138 e. The lowest BCUT2D eigenvalue weighted by Gasteiger charge is -2.37. The third-order valence-electron chi connectivity index (χ3n) is 7.94. The fraction of sp³-hybridized carbons (Fsp3) is 0.909. The largest absolute Gasteiger partial charge is 0.395 e. The third kappa shape index (κ3) is 4.13. The van der Waals surface area contributed by atoms with Gasteiger partial charge in [-0.3, -0.25) is 4.90 Å². The minimum atomic E-state index is 0.203. The maximum atomic E-state index is 9.82. The lowest BCUT2D eigenvalue weighted by atomic mass is 9.68. The van der Waals surface area contributed by atoms with Gasteiger partial charge in [-0.05, 0) is 68.6 Å². The first-order chi connectivity index (χ1) is 13.1. The molecule has 4 aliphatic rings. The Morgan fingerprint density at radius 2 is 1.93 bits per heavy atom. The van der Waals surface area contributed by atoms with Crippen LogP contribution in [0, 0.1) is 23.7 Å². The van der Waals surface area contributed by atoms with Gasteiger partial charge in [-0.15, -0.1) is 0 Å². The molecule has 2 heterocycles. The lowest BCUT2D eigenvalue weighted by molar-refractivity contribution is -0.137. The highest BCUT2D eigenvalue weighted by Gasteiger charge is 2.53. The highest BCUT2D eigenvalue weighted by atomic mass is 16.7. The van der Waals surface area contributed by atoms with Crippen LogP contribution in [0.5, 0.6) is 0 Å². The Labute approximate surface area is 164 Å². The van der Waals surface area contributed by atoms with Gasteiger partial charge < -0.3 is 14.7 Å². The van der Waals surface area contributed by atoms with Crippen LogP contribution in [0.1, 0.15) is 51.9 Å². The van der Waals surface area contributed by atoms with Crippen LogP contribution in [-0.2, 0) is 9.57 Å². The van der Waals surface area contributed by atoms with E-state index in [1.807, 2.05) is 12.1 Å². The van der Waals surface area contributed by atoms with Gasteiger partial charge in [0.1, 0.15) is 12.3 Å². The Morgan fingerprint density at radius 3 is 2.59 bits per heavy atom. The zero-order valence-electron chi connectivity index (χ0n) is 17.3. The second kappa shape index (κ2) is 8.50. The fourth-order valence-electron chi connectivity index (χ4n) is 6.12. The lowest BCUT2D eigenvalue weighted by Crippen LogP contribution is -2.38. The van der Waals surface area contributed by atoms with E-state index < -0.39 is 0 Å². The summed E-state index contributed by atoms with van der Waals surface area (Å²) in [5, 5.41) is 11.7. The Morgan fingerprint density at radius 1 is 1.19 bits per heavy atom. The highest BCUT2D eigenvalue weighted by molar-refractivity contribution is 5.01. The summed E-state index contributed by atoms with van der Waals surface area (Å²) in [5.74, 6) is 3.28. The third-order valence-corrected chi connectivity index (χ3v) is 7.94. The van der Waals surface area contributed by atoms with Crippen molar-refractivity contribution in [2.45, 2.75) is 76.3 Å². The van der Waals surface area contributed by atoms with E-state index in [-0.39, 0.29) is 18.9 Å². The number of hydrogen-bond donors (Lipinski definition) is 1. The Hall–Kier alpha value is -0.460. The molecular formula is C22H38N2O3. The Kier molecular flexibility index (Phi) is 6.25. The van der Waals surface area contributed by atoms with E-state index in [4.69, 9.17) is 9.57 Å². The summed E-state index contributed by atoms with van der Waals surface area (Å²) >= 11 is 0. The summed E-state index contributed by atoms with van der Waals surface area (Å²) in [6.07, 6.45) is 14.4. The van der Waals surface area contributed by atoms with E-state index in [2.05, 4.69) is 24.0 Å². The second-order valence-corrected chi connectivity index (χ2v) is 9.35. The predicted molar refractivity (Wildman–Crippen MR) is 106 cm³/mol. The fourth-order valence-corrected chi connectivity index (χ4v) is 6.12. The van der Waals surface area contributed by atoms with Crippen LogP contribution in [0.4, 0.5) is 0 Å². The SMILES string of the molecule is CON(C)C1C[C@@H](CO)N(C2OC2C2CCC(C3CCC=CC3C)CC2)C1.